The molecule has 1 aromatic rings. The third-order valence-corrected chi connectivity index (χ3v) is 3.03. The maximum atomic E-state index is 11.3. The highest BCUT2D eigenvalue weighted by molar-refractivity contribution is 5.79. The predicted octanol–water partition coefficient (Wildman–Crippen LogP) is 2.69. The van der Waals surface area contributed by atoms with E-state index < -0.39 is 0 Å². The van der Waals surface area contributed by atoms with E-state index in [9.17, 15) is 4.79 Å². The number of aryl methyl sites for hydroxylation is 1. The Morgan fingerprint density at radius 3 is 3.07 bits per heavy atom. The molecule has 0 bridgehead atoms. The van der Waals surface area contributed by atoms with Crippen LogP contribution in [0.15, 0.2) is 18.2 Å². The average Bonchev–Trinajstić information content (AvgIpc) is 2.17. The van der Waals surface area contributed by atoms with E-state index in [1.165, 1.54) is 6.42 Å². The van der Waals surface area contributed by atoms with E-state index in [1.807, 2.05) is 19.1 Å². The first-order valence-corrected chi connectivity index (χ1v) is 5.68. The SMILES string of the molecule is Cc1cccc(CC2CCCC(=O)C2)n1. The Bertz CT molecular complexity index is 359. The molecule has 1 saturated carbocycles. The molecule has 2 rings (SSSR count). The first kappa shape index (κ1) is 10.3. The van der Waals surface area contributed by atoms with Gasteiger partial charge in [-0.05, 0) is 44.2 Å². The lowest BCUT2D eigenvalue weighted by molar-refractivity contribution is -0.121. The van der Waals surface area contributed by atoms with E-state index >= 15 is 0 Å². The lowest BCUT2D eigenvalue weighted by Crippen LogP contribution is -2.17. The van der Waals surface area contributed by atoms with Crippen LogP contribution in [0.2, 0.25) is 0 Å². The molecule has 0 spiro atoms. The van der Waals surface area contributed by atoms with Crippen LogP contribution in [-0.2, 0) is 11.2 Å². The summed E-state index contributed by atoms with van der Waals surface area (Å²) in [6.07, 6.45) is 4.76. The number of nitrogens with zero attached hydrogens (tertiary/aromatic N) is 1. The fourth-order valence-electron chi connectivity index (χ4n) is 2.30. The number of pyridine rings is 1. The molecule has 1 atom stereocenters. The van der Waals surface area contributed by atoms with E-state index in [-0.39, 0.29) is 0 Å². The average molecular weight is 203 g/mol. The van der Waals surface area contributed by atoms with Crippen LogP contribution >= 0.6 is 0 Å². The first-order chi connectivity index (χ1) is 7.24. The number of hydrogen-bond acceptors (Lipinski definition) is 2. The van der Waals surface area contributed by atoms with Crippen LogP contribution < -0.4 is 0 Å². The molecule has 1 heterocycles. The molecule has 15 heavy (non-hydrogen) atoms. The lowest BCUT2D eigenvalue weighted by Gasteiger charge is -2.20. The van der Waals surface area contributed by atoms with Crippen molar-refractivity contribution >= 4 is 5.78 Å². The Kier molecular flexibility index (Phi) is 3.14. The molecule has 1 aliphatic rings. The summed E-state index contributed by atoms with van der Waals surface area (Å²) in [6.45, 7) is 2.01. The van der Waals surface area contributed by atoms with Gasteiger partial charge in [-0.1, -0.05) is 6.07 Å². The van der Waals surface area contributed by atoms with E-state index in [4.69, 9.17) is 0 Å². The van der Waals surface area contributed by atoms with Gasteiger partial charge in [0.05, 0.1) is 0 Å². The van der Waals surface area contributed by atoms with Gasteiger partial charge in [-0.15, -0.1) is 0 Å². The first-order valence-electron chi connectivity index (χ1n) is 5.68. The van der Waals surface area contributed by atoms with Crippen molar-refractivity contribution in [3.63, 3.8) is 0 Å². The number of rotatable bonds is 2. The summed E-state index contributed by atoms with van der Waals surface area (Å²) in [5, 5.41) is 0. The van der Waals surface area contributed by atoms with Gasteiger partial charge < -0.3 is 0 Å². The smallest absolute Gasteiger partial charge is 0.133 e. The number of hydrogen-bond donors (Lipinski definition) is 0. The van der Waals surface area contributed by atoms with E-state index in [0.29, 0.717) is 11.7 Å². The van der Waals surface area contributed by atoms with E-state index in [1.54, 1.807) is 0 Å². The molecule has 80 valence electrons. The molecule has 1 fully saturated rings. The summed E-state index contributed by atoms with van der Waals surface area (Å²) in [5.74, 6) is 0.958. The van der Waals surface area contributed by atoms with Gasteiger partial charge in [-0.2, -0.15) is 0 Å². The Hall–Kier alpha value is -1.18. The molecular weight excluding hydrogens is 186 g/mol. The predicted molar refractivity (Wildman–Crippen MR) is 59.6 cm³/mol. The zero-order chi connectivity index (χ0) is 10.7. The second kappa shape index (κ2) is 4.56. The lowest BCUT2D eigenvalue weighted by atomic mass is 9.85. The molecule has 0 amide bonds. The van der Waals surface area contributed by atoms with Crippen LogP contribution in [0.5, 0.6) is 0 Å². The largest absolute Gasteiger partial charge is 0.300 e. The highest BCUT2D eigenvalue weighted by atomic mass is 16.1. The normalized spacial score (nSPS) is 21.7. The van der Waals surface area contributed by atoms with Crippen molar-refractivity contribution in [2.45, 2.75) is 39.0 Å². The summed E-state index contributed by atoms with van der Waals surface area (Å²) < 4.78 is 0. The monoisotopic (exact) mass is 203 g/mol. The molecule has 0 aliphatic heterocycles. The Morgan fingerprint density at radius 1 is 1.47 bits per heavy atom. The summed E-state index contributed by atoms with van der Waals surface area (Å²) in [4.78, 5) is 15.8. The van der Waals surface area contributed by atoms with Crippen LogP contribution in [0.3, 0.4) is 0 Å². The fourth-order valence-corrected chi connectivity index (χ4v) is 2.30. The zero-order valence-electron chi connectivity index (χ0n) is 9.20. The van der Waals surface area contributed by atoms with Crippen molar-refractivity contribution in [3.8, 4) is 0 Å². The van der Waals surface area contributed by atoms with Gasteiger partial charge in [-0.3, -0.25) is 9.78 Å². The van der Waals surface area contributed by atoms with Crippen molar-refractivity contribution in [2.75, 3.05) is 0 Å². The van der Waals surface area contributed by atoms with Crippen LogP contribution in [0.4, 0.5) is 0 Å². The number of aromatic nitrogens is 1. The second-order valence-corrected chi connectivity index (χ2v) is 4.48. The Morgan fingerprint density at radius 2 is 2.33 bits per heavy atom. The standard InChI is InChI=1S/C13H17NO/c1-10-4-2-6-12(14-10)8-11-5-3-7-13(15)9-11/h2,4,6,11H,3,5,7-9H2,1H3. The van der Waals surface area contributed by atoms with Crippen LogP contribution in [0.1, 0.15) is 37.1 Å². The van der Waals surface area contributed by atoms with Gasteiger partial charge in [0.1, 0.15) is 5.78 Å². The summed E-state index contributed by atoms with van der Waals surface area (Å²) >= 11 is 0. The maximum absolute atomic E-state index is 11.3. The zero-order valence-corrected chi connectivity index (χ0v) is 9.20. The number of Topliss-reactive ketones (excluding diaryl/α,β-unsaturated/α-hetero) is 1. The van der Waals surface area contributed by atoms with Crippen molar-refractivity contribution in [1.82, 2.24) is 4.98 Å². The quantitative estimate of drug-likeness (QED) is 0.739. The molecule has 0 saturated heterocycles. The van der Waals surface area contributed by atoms with Crippen LogP contribution in [0, 0.1) is 12.8 Å². The summed E-state index contributed by atoms with van der Waals surface area (Å²) in [7, 11) is 0. The van der Waals surface area contributed by atoms with Gasteiger partial charge in [0.15, 0.2) is 0 Å². The summed E-state index contributed by atoms with van der Waals surface area (Å²) in [6, 6.07) is 6.11. The highest BCUT2D eigenvalue weighted by Crippen LogP contribution is 2.24. The third-order valence-electron chi connectivity index (χ3n) is 3.03. The van der Waals surface area contributed by atoms with Gasteiger partial charge >= 0.3 is 0 Å². The van der Waals surface area contributed by atoms with Crippen molar-refractivity contribution < 1.29 is 4.79 Å². The molecule has 0 N–H and O–H groups in total. The minimum absolute atomic E-state index is 0.430. The van der Waals surface area contributed by atoms with Gasteiger partial charge in [0.2, 0.25) is 0 Å². The topological polar surface area (TPSA) is 30.0 Å². The molecular formula is C13H17NO. The van der Waals surface area contributed by atoms with Crippen molar-refractivity contribution in [2.24, 2.45) is 5.92 Å². The second-order valence-electron chi connectivity index (χ2n) is 4.48. The van der Waals surface area contributed by atoms with Crippen LogP contribution in [0.25, 0.3) is 0 Å². The third kappa shape index (κ3) is 2.88. The molecule has 1 aliphatic carbocycles. The molecule has 0 radical (unpaired) electrons. The number of ketones is 1. The maximum Gasteiger partial charge on any atom is 0.133 e. The number of carbonyl (C=O) groups excluding carboxylic acids is 1. The summed E-state index contributed by atoms with van der Waals surface area (Å²) in [5.41, 5.74) is 2.20. The number of carbonyl (C=O) groups is 1. The van der Waals surface area contributed by atoms with Crippen molar-refractivity contribution in [3.05, 3.63) is 29.6 Å². The fraction of sp³-hybridized carbons (Fsp3) is 0.538. The minimum Gasteiger partial charge on any atom is -0.300 e. The molecule has 1 aromatic heterocycles. The van der Waals surface area contributed by atoms with E-state index in [0.717, 1.165) is 37.1 Å². The Balaban J connectivity index is 1.99. The molecule has 0 aromatic carbocycles. The van der Waals surface area contributed by atoms with Crippen LogP contribution in [-0.4, -0.2) is 10.8 Å². The molecule has 2 heteroatoms. The molecule has 2 nitrogen and oxygen atoms in total. The van der Waals surface area contributed by atoms with Gasteiger partial charge in [0, 0.05) is 24.2 Å². The van der Waals surface area contributed by atoms with Gasteiger partial charge in [0.25, 0.3) is 0 Å². The molecule has 1 unspecified atom stereocenters. The van der Waals surface area contributed by atoms with Crippen molar-refractivity contribution in [1.29, 1.82) is 0 Å². The highest BCUT2D eigenvalue weighted by Gasteiger charge is 2.19. The Labute approximate surface area is 90.7 Å². The van der Waals surface area contributed by atoms with E-state index in [2.05, 4.69) is 11.1 Å². The van der Waals surface area contributed by atoms with Gasteiger partial charge in [-0.25, -0.2) is 0 Å². The minimum atomic E-state index is 0.430.